The van der Waals surface area contributed by atoms with Gasteiger partial charge in [-0.25, -0.2) is 0 Å². The highest BCUT2D eigenvalue weighted by molar-refractivity contribution is 5.76. The predicted molar refractivity (Wildman–Crippen MR) is 76.5 cm³/mol. The first-order chi connectivity index (χ1) is 9.33. The van der Waals surface area contributed by atoms with E-state index in [1.807, 2.05) is 12.1 Å². The van der Waals surface area contributed by atoms with Crippen LogP contribution in [-0.4, -0.2) is 31.7 Å². The summed E-state index contributed by atoms with van der Waals surface area (Å²) >= 11 is 0. The molecule has 0 fully saturated rings. The molecule has 0 radical (unpaired) electrons. The third-order valence-corrected chi connectivity index (χ3v) is 3.95. The van der Waals surface area contributed by atoms with Gasteiger partial charge in [-0.2, -0.15) is 0 Å². The molecule has 2 aliphatic heterocycles. The Labute approximate surface area is 114 Å². The molecule has 0 bridgehead atoms. The summed E-state index contributed by atoms with van der Waals surface area (Å²) in [5, 5.41) is 0. The highest BCUT2D eigenvalue weighted by Crippen LogP contribution is 2.40. The van der Waals surface area contributed by atoms with Crippen molar-refractivity contribution in [3.05, 3.63) is 29.5 Å². The van der Waals surface area contributed by atoms with Gasteiger partial charge in [0.1, 0.15) is 18.1 Å². The van der Waals surface area contributed by atoms with Gasteiger partial charge >= 0.3 is 0 Å². The van der Waals surface area contributed by atoms with Crippen LogP contribution in [0.2, 0.25) is 0 Å². The maximum absolute atomic E-state index is 5.91. The van der Waals surface area contributed by atoms with Gasteiger partial charge in [-0.15, -0.1) is 0 Å². The van der Waals surface area contributed by atoms with Crippen molar-refractivity contribution in [2.75, 3.05) is 26.8 Å². The number of benzene rings is 1. The second-order valence-electron chi connectivity index (χ2n) is 5.17. The Kier molecular flexibility index (Phi) is 3.36. The van der Waals surface area contributed by atoms with Gasteiger partial charge in [0.15, 0.2) is 0 Å². The molecule has 3 nitrogen and oxygen atoms in total. The van der Waals surface area contributed by atoms with Gasteiger partial charge in [0.2, 0.25) is 0 Å². The molecule has 0 saturated carbocycles. The van der Waals surface area contributed by atoms with Crippen molar-refractivity contribution in [3.8, 4) is 11.5 Å². The number of methoxy groups -OCH3 is 1. The van der Waals surface area contributed by atoms with Crippen molar-refractivity contribution in [3.63, 3.8) is 0 Å². The molecule has 102 valence electrons. The highest BCUT2D eigenvalue weighted by Gasteiger charge is 2.27. The number of nitrogens with zero attached hydrogens (tertiary/aromatic N) is 1. The number of rotatable bonds is 3. The summed E-state index contributed by atoms with van der Waals surface area (Å²) in [5.41, 5.74) is 4.06. The SMILES string of the molecule is CCCN1CCCC2=C1COc1ccc(OC)cc12. The van der Waals surface area contributed by atoms with Crippen LogP contribution < -0.4 is 9.47 Å². The molecule has 0 atom stereocenters. The first-order valence-corrected chi connectivity index (χ1v) is 7.11. The summed E-state index contributed by atoms with van der Waals surface area (Å²) in [6.45, 7) is 5.24. The van der Waals surface area contributed by atoms with E-state index in [4.69, 9.17) is 9.47 Å². The van der Waals surface area contributed by atoms with Crippen molar-refractivity contribution >= 4 is 5.57 Å². The normalized spacial score (nSPS) is 17.7. The zero-order chi connectivity index (χ0) is 13.2. The summed E-state index contributed by atoms with van der Waals surface area (Å²) in [5.74, 6) is 1.90. The Bertz CT molecular complexity index is 507. The molecule has 2 heterocycles. The molecule has 0 amide bonds. The number of fused-ring (bicyclic) bond motifs is 2. The van der Waals surface area contributed by atoms with E-state index in [1.165, 1.54) is 29.7 Å². The molecule has 1 aromatic rings. The van der Waals surface area contributed by atoms with E-state index in [2.05, 4.69) is 17.9 Å². The second-order valence-corrected chi connectivity index (χ2v) is 5.17. The lowest BCUT2D eigenvalue weighted by molar-refractivity contribution is 0.247. The predicted octanol–water partition coefficient (Wildman–Crippen LogP) is 3.30. The molecular weight excluding hydrogens is 238 g/mol. The Morgan fingerprint density at radius 3 is 3.05 bits per heavy atom. The zero-order valence-electron chi connectivity index (χ0n) is 11.7. The first kappa shape index (κ1) is 12.4. The number of hydrogen-bond acceptors (Lipinski definition) is 3. The first-order valence-electron chi connectivity index (χ1n) is 7.11. The third kappa shape index (κ3) is 2.18. The fourth-order valence-corrected chi connectivity index (χ4v) is 3.05. The van der Waals surface area contributed by atoms with Gasteiger partial charge in [-0.05, 0) is 43.0 Å². The third-order valence-electron chi connectivity index (χ3n) is 3.95. The minimum Gasteiger partial charge on any atom is -0.497 e. The van der Waals surface area contributed by atoms with Crippen LogP contribution in [-0.2, 0) is 0 Å². The maximum atomic E-state index is 5.91. The van der Waals surface area contributed by atoms with Crippen molar-refractivity contribution < 1.29 is 9.47 Å². The van der Waals surface area contributed by atoms with Gasteiger partial charge < -0.3 is 14.4 Å². The average molecular weight is 259 g/mol. The number of hydrogen-bond donors (Lipinski definition) is 0. The maximum Gasteiger partial charge on any atom is 0.128 e. The van der Waals surface area contributed by atoms with E-state index < -0.39 is 0 Å². The smallest absolute Gasteiger partial charge is 0.128 e. The van der Waals surface area contributed by atoms with Crippen molar-refractivity contribution in [2.24, 2.45) is 0 Å². The topological polar surface area (TPSA) is 21.7 Å². The summed E-state index contributed by atoms with van der Waals surface area (Å²) in [4.78, 5) is 2.49. The molecule has 0 aromatic heterocycles. The second kappa shape index (κ2) is 5.16. The van der Waals surface area contributed by atoms with E-state index in [1.54, 1.807) is 7.11 Å². The van der Waals surface area contributed by atoms with E-state index in [-0.39, 0.29) is 0 Å². The molecule has 0 saturated heterocycles. The van der Waals surface area contributed by atoms with Gasteiger partial charge in [0.05, 0.1) is 12.8 Å². The molecule has 19 heavy (non-hydrogen) atoms. The highest BCUT2D eigenvalue weighted by atomic mass is 16.5. The summed E-state index contributed by atoms with van der Waals surface area (Å²) in [6.07, 6.45) is 3.57. The molecule has 2 aliphatic rings. The Hall–Kier alpha value is -1.64. The van der Waals surface area contributed by atoms with Gasteiger partial charge in [0, 0.05) is 18.7 Å². The minimum absolute atomic E-state index is 0.717. The van der Waals surface area contributed by atoms with E-state index >= 15 is 0 Å². The van der Waals surface area contributed by atoms with E-state index in [0.29, 0.717) is 6.61 Å². The quantitative estimate of drug-likeness (QED) is 0.831. The van der Waals surface area contributed by atoms with Crippen LogP contribution in [0.15, 0.2) is 23.9 Å². The number of ether oxygens (including phenoxy) is 2. The van der Waals surface area contributed by atoms with Crippen LogP contribution in [0.5, 0.6) is 11.5 Å². The fourth-order valence-electron chi connectivity index (χ4n) is 3.05. The Morgan fingerprint density at radius 1 is 1.37 bits per heavy atom. The molecule has 0 N–H and O–H groups in total. The summed E-state index contributed by atoms with van der Waals surface area (Å²) in [7, 11) is 1.71. The molecular formula is C16H21NO2. The van der Waals surface area contributed by atoms with Gasteiger partial charge in [0.25, 0.3) is 0 Å². The summed E-state index contributed by atoms with van der Waals surface area (Å²) in [6, 6.07) is 6.10. The zero-order valence-corrected chi connectivity index (χ0v) is 11.7. The number of allylic oxidation sites excluding steroid dienone is 1. The molecule has 0 unspecified atom stereocenters. The Balaban J connectivity index is 2.03. The average Bonchev–Trinajstić information content (AvgIpc) is 2.47. The van der Waals surface area contributed by atoms with Crippen LogP contribution >= 0.6 is 0 Å². The lowest BCUT2D eigenvalue weighted by Crippen LogP contribution is -2.34. The lowest BCUT2D eigenvalue weighted by Gasteiger charge is -2.37. The molecule has 0 aliphatic carbocycles. The molecule has 3 heteroatoms. The Morgan fingerprint density at radius 2 is 2.26 bits per heavy atom. The minimum atomic E-state index is 0.717. The van der Waals surface area contributed by atoms with Crippen LogP contribution in [0.3, 0.4) is 0 Å². The summed E-state index contributed by atoms with van der Waals surface area (Å²) < 4.78 is 11.3. The van der Waals surface area contributed by atoms with Crippen molar-refractivity contribution in [2.45, 2.75) is 26.2 Å². The van der Waals surface area contributed by atoms with Crippen molar-refractivity contribution in [1.82, 2.24) is 4.90 Å². The lowest BCUT2D eigenvalue weighted by atomic mass is 9.92. The molecule has 0 spiro atoms. The van der Waals surface area contributed by atoms with Gasteiger partial charge in [-0.3, -0.25) is 0 Å². The largest absolute Gasteiger partial charge is 0.497 e. The van der Waals surface area contributed by atoms with Crippen LogP contribution in [0.25, 0.3) is 5.57 Å². The van der Waals surface area contributed by atoms with E-state index in [0.717, 1.165) is 31.0 Å². The molecule has 3 rings (SSSR count). The van der Waals surface area contributed by atoms with Gasteiger partial charge in [-0.1, -0.05) is 6.92 Å². The standard InChI is InChI=1S/C16H21NO2/c1-3-8-17-9-4-5-13-14-10-12(18-2)6-7-16(14)19-11-15(13)17/h6-7,10H,3-5,8-9,11H2,1-2H3. The monoisotopic (exact) mass is 259 g/mol. The van der Waals surface area contributed by atoms with Crippen LogP contribution in [0.4, 0.5) is 0 Å². The molecule has 1 aromatic carbocycles. The fraction of sp³-hybridized carbons (Fsp3) is 0.500. The van der Waals surface area contributed by atoms with E-state index in [9.17, 15) is 0 Å². The van der Waals surface area contributed by atoms with Crippen LogP contribution in [0.1, 0.15) is 31.7 Å². The van der Waals surface area contributed by atoms with Crippen LogP contribution in [0, 0.1) is 0 Å². The van der Waals surface area contributed by atoms with Crippen molar-refractivity contribution in [1.29, 1.82) is 0 Å².